The van der Waals surface area contributed by atoms with Crippen LogP contribution in [0.1, 0.15) is 16.2 Å². The van der Waals surface area contributed by atoms with Crippen LogP contribution in [0.4, 0.5) is 0 Å². The molecule has 0 spiro atoms. The van der Waals surface area contributed by atoms with Crippen molar-refractivity contribution in [2.75, 3.05) is 32.8 Å². The van der Waals surface area contributed by atoms with E-state index in [1.54, 1.807) is 4.68 Å². The fourth-order valence-corrected chi connectivity index (χ4v) is 2.25. The molecule has 1 amide bonds. The van der Waals surface area contributed by atoms with E-state index in [9.17, 15) is 4.79 Å². The number of carbonyl (C=O) groups excluding carboxylic acids is 1. The number of carbonyl (C=O) groups is 1. The van der Waals surface area contributed by atoms with Crippen LogP contribution in [-0.2, 0) is 17.8 Å². The molecule has 1 N–H and O–H groups in total. The van der Waals surface area contributed by atoms with Gasteiger partial charge in [0.1, 0.15) is 5.69 Å². The first-order chi connectivity index (χ1) is 8.33. The molecule has 92 valence electrons. The van der Waals surface area contributed by atoms with Gasteiger partial charge in [-0.15, -0.1) is 0 Å². The molecule has 6 heteroatoms. The van der Waals surface area contributed by atoms with Crippen LogP contribution in [0.15, 0.2) is 6.07 Å². The lowest BCUT2D eigenvalue weighted by molar-refractivity contribution is 0.0336. The first-order valence-electron chi connectivity index (χ1n) is 5.98. The van der Waals surface area contributed by atoms with E-state index in [2.05, 4.69) is 15.3 Å². The SMILES string of the molecule is O=C1NCCn2nc(CN3CCOCC3)cc21. The lowest BCUT2D eigenvalue weighted by Gasteiger charge is -2.25. The van der Waals surface area contributed by atoms with E-state index in [0.717, 1.165) is 45.1 Å². The number of aromatic nitrogens is 2. The average molecular weight is 236 g/mol. The molecule has 3 rings (SSSR count). The zero-order valence-corrected chi connectivity index (χ0v) is 9.69. The molecule has 0 aliphatic carbocycles. The third kappa shape index (κ3) is 2.18. The van der Waals surface area contributed by atoms with Gasteiger partial charge in [0.05, 0.1) is 25.5 Å². The molecular formula is C11H16N4O2. The molecule has 0 aromatic carbocycles. The minimum atomic E-state index is -0.0167. The van der Waals surface area contributed by atoms with Crippen LogP contribution in [0, 0.1) is 0 Å². The molecule has 1 saturated heterocycles. The fourth-order valence-electron chi connectivity index (χ4n) is 2.25. The maximum atomic E-state index is 11.6. The highest BCUT2D eigenvalue weighted by Crippen LogP contribution is 2.11. The number of amides is 1. The molecule has 17 heavy (non-hydrogen) atoms. The van der Waals surface area contributed by atoms with Crippen LogP contribution in [0.25, 0.3) is 0 Å². The van der Waals surface area contributed by atoms with Gasteiger partial charge in [0, 0.05) is 26.2 Å². The van der Waals surface area contributed by atoms with E-state index in [0.29, 0.717) is 12.2 Å². The average Bonchev–Trinajstić information content (AvgIpc) is 2.74. The van der Waals surface area contributed by atoms with Gasteiger partial charge in [-0.1, -0.05) is 0 Å². The molecule has 0 radical (unpaired) electrons. The highest BCUT2D eigenvalue weighted by atomic mass is 16.5. The van der Waals surface area contributed by atoms with Gasteiger partial charge in [0.25, 0.3) is 5.91 Å². The van der Waals surface area contributed by atoms with Gasteiger partial charge >= 0.3 is 0 Å². The molecule has 0 bridgehead atoms. The lowest BCUT2D eigenvalue weighted by Crippen LogP contribution is -2.36. The molecule has 0 saturated carbocycles. The van der Waals surface area contributed by atoms with E-state index in [1.807, 2.05) is 6.07 Å². The molecule has 0 unspecified atom stereocenters. The van der Waals surface area contributed by atoms with Crippen molar-refractivity contribution in [3.05, 3.63) is 17.5 Å². The van der Waals surface area contributed by atoms with Crippen LogP contribution in [0.3, 0.4) is 0 Å². The molecule has 1 aromatic rings. The van der Waals surface area contributed by atoms with Crippen LogP contribution in [0.5, 0.6) is 0 Å². The smallest absolute Gasteiger partial charge is 0.269 e. The second-order valence-electron chi connectivity index (χ2n) is 4.39. The number of rotatable bonds is 2. The van der Waals surface area contributed by atoms with Gasteiger partial charge in [-0.2, -0.15) is 5.10 Å². The number of fused-ring (bicyclic) bond motifs is 1. The second kappa shape index (κ2) is 4.46. The Morgan fingerprint density at radius 3 is 2.94 bits per heavy atom. The number of morpholine rings is 1. The Bertz CT molecular complexity index is 423. The Balaban J connectivity index is 1.73. The number of hydrogen-bond donors (Lipinski definition) is 1. The Hall–Kier alpha value is -1.40. The highest BCUT2D eigenvalue weighted by molar-refractivity contribution is 5.93. The van der Waals surface area contributed by atoms with Crippen molar-refractivity contribution in [3.63, 3.8) is 0 Å². The summed E-state index contributed by atoms with van der Waals surface area (Å²) in [6.07, 6.45) is 0. The number of nitrogens with zero attached hydrogens (tertiary/aromatic N) is 3. The van der Waals surface area contributed by atoms with Crippen molar-refractivity contribution in [2.24, 2.45) is 0 Å². The molecule has 2 aliphatic rings. The Kier molecular flexibility index (Phi) is 2.82. The largest absolute Gasteiger partial charge is 0.379 e. The van der Waals surface area contributed by atoms with Crippen molar-refractivity contribution in [1.29, 1.82) is 0 Å². The molecule has 2 aliphatic heterocycles. The molecule has 6 nitrogen and oxygen atoms in total. The first-order valence-corrected chi connectivity index (χ1v) is 5.98. The lowest BCUT2D eigenvalue weighted by atomic mass is 10.3. The Morgan fingerprint density at radius 2 is 2.18 bits per heavy atom. The van der Waals surface area contributed by atoms with Gasteiger partial charge in [-0.25, -0.2) is 0 Å². The predicted molar refractivity (Wildman–Crippen MR) is 60.7 cm³/mol. The number of nitrogens with one attached hydrogen (secondary N) is 1. The van der Waals surface area contributed by atoms with E-state index >= 15 is 0 Å². The minimum Gasteiger partial charge on any atom is -0.379 e. The molecule has 3 heterocycles. The normalized spacial score (nSPS) is 21.1. The van der Waals surface area contributed by atoms with Crippen molar-refractivity contribution in [1.82, 2.24) is 20.0 Å². The zero-order valence-electron chi connectivity index (χ0n) is 9.69. The Morgan fingerprint density at radius 1 is 1.35 bits per heavy atom. The summed E-state index contributed by atoms with van der Waals surface area (Å²) in [5.41, 5.74) is 1.65. The zero-order chi connectivity index (χ0) is 11.7. The second-order valence-corrected chi connectivity index (χ2v) is 4.39. The molecule has 1 fully saturated rings. The maximum absolute atomic E-state index is 11.6. The van der Waals surface area contributed by atoms with E-state index < -0.39 is 0 Å². The van der Waals surface area contributed by atoms with Gasteiger partial charge < -0.3 is 10.1 Å². The molecule has 0 atom stereocenters. The Labute approximate surface area is 99.5 Å². The quantitative estimate of drug-likeness (QED) is 0.749. The van der Waals surface area contributed by atoms with Crippen LogP contribution in [-0.4, -0.2) is 53.4 Å². The summed E-state index contributed by atoms with van der Waals surface area (Å²) in [4.78, 5) is 13.9. The van der Waals surface area contributed by atoms with Gasteiger partial charge in [0.2, 0.25) is 0 Å². The topological polar surface area (TPSA) is 59.4 Å². The third-order valence-corrected chi connectivity index (χ3v) is 3.16. The van der Waals surface area contributed by atoms with Crippen molar-refractivity contribution >= 4 is 5.91 Å². The third-order valence-electron chi connectivity index (χ3n) is 3.16. The molecule has 1 aromatic heterocycles. The molecular weight excluding hydrogens is 220 g/mol. The highest BCUT2D eigenvalue weighted by Gasteiger charge is 2.20. The number of ether oxygens (including phenoxy) is 1. The summed E-state index contributed by atoms with van der Waals surface area (Å²) in [7, 11) is 0. The van der Waals surface area contributed by atoms with Crippen LogP contribution in [0.2, 0.25) is 0 Å². The first kappa shape index (κ1) is 10.7. The summed E-state index contributed by atoms with van der Waals surface area (Å²) < 4.78 is 7.10. The number of hydrogen-bond acceptors (Lipinski definition) is 4. The van der Waals surface area contributed by atoms with Crippen LogP contribution < -0.4 is 5.32 Å². The van der Waals surface area contributed by atoms with Crippen molar-refractivity contribution in [2.45, 2.75) is 13.1 Å². The van der Waals surface area contributed by atoms with E-state index in [4.69, 9.17) is 4.74 Å². The van der Waals surface area contributed by atoms with Gasteiger partial charge in [-0.05, 0) is 6.07 Å². The van der Waals surface area contributed by atoms with Gasteiger partial charge in [0.15, 0.2) is 0 Å². The van der Waals surface area contributed by atoms with Crippen LogP contribution >= 0.6 is 0 Å². The summed E-state index contributed by atoms with van der Waals surface area (Å²) in [5, 5.41) is 7.29. The van der Waals surface area contributed by atoms with Gasteiger partial charge in [-0.3, -0.25) is 14.4 Å². The predicted octanol–water partition coefficient (Wildman–Crippen LogP) is -0.541. The van der Waals surface area contributed by atoms with E-state index in [-0.39, 0.29) is 5.91 Å². The summed E-state index contributed by atoms with van der Waals surface area (Å²) in [6.45, 7) is 5.69. The van der Waals surface area contributed by atoms with E-state index in [1.165, 1.54) is 0 Å². The summed E-state index contributed by atoms with van der Waals surface area (Å²) in [5.74, 6) is -0.0167. The fraction of sp³-hybridized carbons (Fsp3) is 0.636. The monoisotopic (exact) mass is 236 g/mol. The standard InChI is InChI=1S/C11H16N4O2/c16-11-10-7-9(13-15(10)2-1-12-11)8-14-3-5-17-6-4-14/h7H,1-6,8H2,(H,12,16). The summed E-state index contributed by atoms with van der Waals surface area (Å²) in [6, 6.07) is 1.89. The van der Waals surface area contributed by atoms with Crippen molar-refractivity contribution in [3.8, 4) is 0 Å². The van der Waals surface area contributed by atoms with Crippen molar-refractivity contribution < 1.29 is 9.53 Å². The minimum absolute atomic E-state index is 0.0167. The maximum Gasteiger partial charge on any atom is 0.269 e. The summed E-state index contributed by atoms with van der Waals surface area (Å²) >= 11 is 0.